The molecule has 1 aliphatic rings. The van der Waals surface area contributed by atoms with Crippen LogP contribution in [0.3, 0.4) is 0 Å². The van der Waals surface area contributed by atoms with Crippen molar-refractivity contribution in [3.63, 3.8) is 0 Å². The Morgan fingerprint density at radius 2 is 1.95 bits per heavy atom. The smallest absolute Gasteiger partial charge is 0.131 e. The third-order valence-electron chi connectivity index (χ3n) is 3.36. The summed E-state index contributed by atoms with van der Waals surface area (Å²) in [5, 5.41) is 4.71. The molecular weight excluding hydrogens is 472 g/mol. The molecule has 0 N–H and O–H groups in total. The van der Waals surface area contributed by atoms with Gasteiger partial charge in [0.2, 0.25) is 0 Å². The van der Waals surface area contributed by atoms with Crippen molar-refractivity contribution in [1.82, 2.24) is 4.98 Å². The fourth-order valence-electron chi connectivity index (χ4n) is 2.38. The van der Waals surface area contributed by atoms with Gasteiger partial charge in [-0.25, -0.2) is 4.98 Å². The third-order valence-corrected chi connectivity index (χ3v) is 3.36. The molecule has 0 amide bonds. The second-order valence-corrected chi connectivity index (χ2v) is 4.77. The van der Waals surface area contributed by atoms with Gasteiger partial charge in [-0.3, -0.25) is 0 Å². The molecule has 0 saturated carbocycles. The van der Waals surface area contributed by atoms with Crippen molar-refractivity contribution >= 4 is 5.82 Å². The predicted octanol–water partition coefficient (Wildman–Crippen LogP) is 4.17. The van der Waals surface area contributed by atoms with Crippen LogP contribution in [0.4, 0.5) is 5.82 Å². The molecule has 0 aliphatic carbocycles. The van der Waals surface area contributed by atoms with Crippen LogP contribution in [0.5, 0.6) is 0 Å². The van der Waals surface area contributed by atoms with E-state index in [1.807, 2.05) is 26.1 Å². The Labute approximate surface area is 148 Å². The minimum Gasteiger partial charge on any atom is -0.659 e. The van der Waals surface area contributed by atoms with E-state index in [0.29, 0.717) is 6.04 Å². The van der Waals surface area contributed by atoms with Crippen LogP contribution < -0.4 is 4.90 Å². The second-order valence-electron chi connectivity index (χ2n) is 4.77. The molecule has 0 aromatic carbocycles. The van der Waals surface area contributed by atoms with Gasteiger partial charge >= 0.3 is 0 Å². The first-order valence-corrected chi connectivity index (χ1v) is 7.64. The molecule has 3 nitrogen and oxygen atoms in total. The number of rotatable bonds is 4. The SMILES string of the molecule is CC.CCC[N-]C1CCN(c2ncccc2C)CC1.[U]. The average Bonchev–Trinajstić information content (AvgIpc) is 2.48. The predicted molar refractivity (Wildman–Crippen MR) is 84.1 cm³/mol. The summed E-state index contributed by atoms with van der Waals surface area (Å²) >= 11 is 0. The Balaban J connectivity index is 0.00000115. The van der Waals surface area contributed by atoms with Gasteiger partial charge < -0.3 is 10.2 Å². The van der Waals surface area contributed by atoms with Gasteiger partial charge in [0.25, 0.3) is 0 Å². The molecule has 0 atom stereocenters. The topological polar surface area (TPSA) is 30.2 Å². The molecule has 112 valence electrons. The van der Waals surface area contributed by atoms with Crippen LogP contribution in [-0.4, -0.2) is 30.7 Å². The van der Waals surface area contributed by atoms with Crippen molar-refractivity contribution in [1.29, 1.82) is 0 Å². The normalized spacial score (nSPS) is 15.1. The summed E-state index contributed by atoms with van der Waals surface area (Å²) in [5.74, 6) is 1.15. The first kappa shape index (κ1) is 20.0. The van der Waals surface area contributed by atoms with Gasteiger partial charge in [0.05, 0.1) is 0 Å². The van der Waals surface area contributed by atoms with E-state index in [-0.39, 0.29) is 31.1 Å². The van der Waals surface area contributed by atoms with Crippen molar-refractivity contribution in [3.05, 3.63) is 29.2 Å². The zero-order valence-electron chi connectivity index (χ0n) is 13.4. The number of piperidine rings is 1. The standard InChI is InChI=1S/C14H22N3.C2H6.U/c1-3-8-15-13-6-10-17(11-7-13)14-12(2)5-4-9-16-14;1-2;/h4-5,9,13H,3,6-8,10-11H2,1-2H3;1-2H3;/q-1;;. The summed E-state index contributed by atoms with van der Waals surface area (Å²) < 4.78 is 0. The molecule has 0 spiro atoms. The quantitative estimate of drug-likeness (QED) is 0.622. The molecule has 1 aromatic heterocycles. The van der Waals surface area contributed by atoms with Crippen LogP contribution in [0, 0.1) is 38.0 Å². The van der Waals surface area contributed by atoms with Crippen molar-refractivity contribution in [3.8, 4) is 0 Å². The minimum atomic E-state index is 0. The molecule has 2 heterocycles. The maximum absolute atomic E-state index is 4.71. The van der Waals surface area contributed by atoms with Crippen molar-refractivity contribution in [2.24, 2.45) is 0 Å². The molecule has 2 rings (SSSR count). The van der Waals surface area contributed by atoms with Crippen molar-refractivity contribution in [2.75, 3.05) is 24.5 Å². The summed E-state index contributed by atoms with van der Waals surface area (Å²) in [6.45, 7) is 11.5. The van der Waals surface area contributed by atoms with E-state index < -0.39 is 0 Å². The molecule has 1 saturated heterocycles. The van der Waals surface area contributed by atoms with E-state index >= 15 is 0 Å². The van der Waals surface area contributed by atoms with E-state index in [4.69, 9.17) is 5.32 Å². The van der Waals surface area contributed by atoms with E-state index in [0.717, 1.165) is 25.5 Å². The van der Waals surface area contributed by atoms with Gasteiger partial charge in [0.15, 0.2) is 0 Å². The molecule has 20 heavy (non-hydrogen) atoms. The second kappa shape index (κ2) is 11.6. The number of aromatic nitrogens is 1. The Morgan fingerprint density at radius 1 is 1.30 bits per heavy atom. The van der Waals surface area contributed by atoms with E-state index in [1.54, 1.807) is 0 Å². The first-order chi connectivity index (χ1) is 9.31. The monoisotopic (exact) mass is 500 g/mol. The number of nitrogens with zero attached hydrogens (tertiary/aromatic N) is 3. The van der Waals surface area contributed by atoms with E-state index in [2.05, 4.69) is 29.8 Å². The van der Waals surface area contributed by atoms with E-state index in [9.17, 15) is 0 Å². The molecule has 0 bridgehead atoms. The number of anilines is 1. The average molecular weight is 500 g/mol. The molecule has 0 unspecified atom stereocenters. The first-order valence-electron chi connectivity index (χ1n) is 7.64. The van der Waals surface area contributed by atoms with Crippen LogP contribution in [0.15, 0.2) is 18.3 Å². The Hall–Kier alpha value is -0.0381. The maximum atomic E-state index is 4.71. The van der Waals surface area contributed by atoms with Crippen LogP contribution in [0.25, 0.3) is 5.32 Å². The van der Waals surface area contributed by atoms with Gasteiger partial charge in [0, 0.05) is 50.4 Å². The van der Waals surface area contributed by atoms with Gasteiger partial charge in [-0.2, -0.15) is 0 Å². The zero-order chi connectivity index (χ0) is 14.1. The summed E-state index contributed by atoms with van der Waals surface area (Å²) in [7, 11) is 0. The fourth-order valence-corrected chi connectivity index (χ4v) is 2.38. The number of hydrogen-bond donors (Lipinski definition) is 0. The third kappa shape index (κ3) is 6.16. The van der Waals surface area contributed by atoms with Crippen molar-refractivity contribution < 1.29 is 31.1 Å². The van der Waals surface area contributed by atoms with Gasteiger partial charge in [-0.15, -0.1) is 12.6 Å². The number of aryl methyl sites for hydroxylation is 1. The Bertz CT molecular complexity index is 349. The largest absolute Gasteiger partial charge is 0.659 e. The molecule has 4 heteroatoms. The van der Waals surface area contributed by atoms with E-state index in [1.165, 1.54) is 24.8 Å². The Kier molecular flexibility index (Phi) is 11.6. The summed E-state index contributed by atoms with van der Waals surface area (Å²) in [6.07, 6.45) is 5.40. The molecule has 0 radical (unpaired) electrons. The molecular formula is C16H28N3U-. The van der Waals surface area contributed by atoms with Crippen LogP contribution in [0.1, 0.15) is 45.6 Å². The Morgan fingerprint density at radius 3 is 2.50 bits per heavy atom. The fraction of sp³-hybridized carbons (Fsp3) is 0.688. The molecule has 1 fully saturated rings. The van der Waals surface area contributed by atoms with Crippen molar-refractivity contribution in [2.45, 2.75) is 53.0 Å². The summed E-state index contributed by atoms with van der Waals surface area (Å²) in [6, 6.07) is 4.72. The molecule has 1 aromatic rings. The van der Waals surface area contributed by atoms with Gasteiger partial charge in [-0.1, -0.05) is 46.1 Å². The number of pyridine rings is 1. The van der Waals surface area contributed by atoms with Crippen LogP contribution in [0.2, 0.25) is 0 Å². The van der Waals surface area contributed by atoms with Crippen LogP contribution >= 0.6 is 0 Å². The summed E-state index contributed by atoms with van der Waals surface area (Å²) in [5.41, 5.74) is 1.27. The number of hydrogen-bond acceptors (Lipinski definition) is 2. The molecule has 1 aliphatic heterocycles. The zero-order valence-corrected chi connectivity index (χ0v) is 17.6. The summed E-state index contributed by atoms with van der Waals surface area (Å²) in [4.78, 5) is 6.88. The van der Waals surface area contributed by atoms with Gasteiger partial charge in [-0.05, 0) is 18.6 Å². The maximum Gasteiger partial charge on any atom is 0.131 e. The minimum absolute atomic E-state index is 0. The van der Waals surface area contributed by atoms with Crippen LogP contribution in [-0.2, 0) is 0 Å². The van der Waals surface area contributed by atoms with Gasteiger partial charge in [0.1, 0.15) is 5.82 Å².